The second-order valence-electron chi connectivity index (χ2n) is 4.04. The second-order valence-corrected chi connectivity index (χ2v) is 4.43. The van der Waals surface area contributed by atoms with E-state index >= 15 is 0 Å². The van der Waals surface area contributed by atoms with Crippen LogP contribution in [0.25, 0.3) is 0 Å². The second kappa shape index (κ2) is 5.80. The fourth-order valence-electron chi connectivity index (χ4n) is 1.77. The third kappa shape index (κ3) is 3.29. The minimum Gasteiger partial charge on any atom is -0.377 e. The summed E-state index contributed by atoms with van der Waals surface area (Å²) in [6.45, 7) is 0.215. The first kappa shape index (κ1) is 14.8. The zero-order valence-electron chi connectivity index (χ0n) is 10.5. The summed E-state index contributed by atoms with van der Waals surface area (Å²) in [5.74, 6) is 0.538. The molecule has 2 rings (SSSR count). The van der Waals surface area contributed by atoms with E-state index in [0.717, 1.165) is 0 Å². The molecule has 0 saturated heterocycles. The Morgan fingerprint density at radius 3 is 2.75 bits per heavy atom. The van der Waals surface area contributed by atoms with Crippen molar-refractivity contribution in [1.29, 1.82) is 0 Å². The molecule has 2 heterocycles. The first-order valence-corrected chi connectivity index (χ1v) is 6.01. The summed E-state index contributed by atoms with van der Waals surface area (Å²) in [7, 11) is 1.49. The van der Waals surface area contributed by atoms with E-state index in [1.165, 1.54) is 25.4 Å². The molecule has 108 valence electrons. The van der Waals surface area contributed by atoms with Crippen LogP contribution in [0.2, 0.25) is 5.15 Å². The van der Waals surface area contributed by atoms with E-state index in [1.807, 2.05) is 0 Å². The van der Waals surface area contributed by atoms with Crippen LogP contribution in [0.4, 0.5) is 13.2 Å². The number of hydrogen-bond donors (Lipinski definition) is 0. The van der Waals surface area contributed by atoms with Crippen LogP contribution < -0.4 is 0 Å². The third-order valence-electron chi connectivity index (χ3n) is 2.63. The van der Waals surface area contributed by atoms with Crippen molar-refractivity contribution in [3.05, 3.63) is 46.8 Å². The molecule has 0 N–H and O–H groups in total. The van der Waals surface area contributed by atoms with Crippen molar-refractivity contribution >= 4 is 11.6 Å². The minimum atomic E-state index is -4.55. The number of hydrogen-bond acceptors (Lipinski definition) is 3. The normalized spacial score (nSPS) is 11.8. The van der Waals surface area contributed by atoms with Crippen LogP contribution in [0, 0.1) is 0 Å². The van der Waals surface area contributed by atoms with Gasteiger partial charge in [0.25, 0.3) is 0 Å². The van der Waals surface area contributed by atoms with Crippen molar-refractivity contribution in [2.24, 2.45) is 0 Å². The number of aromatic nitrogens is 3. The molecule has 8 heteroatoms. The van der Waals surface area contributed by atoms with E-state index in [2.05, 4.69) is 9.97 Å². The molecule has 0 fully saturated rings. The van der Waals surface area contributed by atoms with Crippen LogP contribution in [-0.4, -0.2) is 21.6 Å². The zero-order chi connectivity index (χ0) is 14.8. The molecule has 0 atom stereocenters. The molecule has 0 spiro atoms. The molecular formula is C12H11ClF3N3O. The van der Waals surface area contributed by atoms with Gasteiger partial charge in [-0.2, -0.15) is 13.2 Å². The summed E-state index contributed by atoms with van der Waals surface area (Å²) in [4.78, 5) is 7.40. The number of nitrogens with zero attached hydrogens (tertiary/aromatic N) is 3. The van der Waals surface area contributed by atoms with Gasteiger partial charge in [-0.15, -0.1) is 0 Å². The highest BCUT2D eigenvalue weighted by molar-refractivity contribution is 6.29. The summed E-state index contributed by atoms with van der Waals surface area (Å²) >= 11 is 5.54. The van der Waals surface area contributed by atoms with Gasteiger partial charge in [0.2, 0.25) is 0 Å². The molecule has 20 heavy (non-hydrogen) atoms. The summed E-state index contributed by atoms with van der Waals surface area (Å²) in [6, 6.07) is 2.65. The van der Waals surface area contributed by atoms with Gasteiger partial charge in [-0.1, -0.05) is 17.7 Å². The topological polar surface area (TPSA) is 39.9 Å². The van der Waals surface area contributed by atoms with Gasteiger partial charge in [-0.05, 0) is 6.07 Å². The Labute approximate surface area is 118 Å². The fourth-order valence-corrected chi connectivity index (χ4v) is 1.92. The van der Waals surface area contributed by atoms with Crippen molar-refractivity contribution in [2.75, 3.05) is 7.11 Å². The molecule has 4 nitrogen and oxygen atoms in total. The smallest absolute Gasteiger partial charge is 0.377 e. The average Bonchev–Trinajstić information content (AvgIpc) is 2.78. The van der Waals surface area contributed by atoms with Crippen LogP contribution in [0.3, 0.4) is 0 Å². The van der Waals surface area contributed by atoms with Crippen LogP contribution in [-0.2, 0) is 24.1 Å². The van der Waals surface area contributed by atoms with Crippen LogP contribution in [0.5, 0.6) is 0 Å². The third-order valence-corrected chi connectivity index (χ3v) is 2.84. The first-order chi connectivity index (χ1) is 9.41. The van der Waals surface area contributed by atoms with Gasteiger partial charge in [-0.25, -0.2) is 9.97 Å². The summed E-state index contributed by atoms with van der Waals surface area (Å²) in [5.41, 5.74) is -0.959. The zero-order valence-corrected chi connectivity index (χ0v) is 11.2. The van der Waals surface area contributed by atoms with Gasteiger partial charge in [0.15, 0.2) is 5.69 Å². The number of alkyl halides is 3. The van der Waals surface area contributed by atoms with E-state index in [4.69, 9.17) is 16.3 Å². The number of pyridine rings is 1. The molecule has 0 bridgehead atoms. The lowest BCUT2D eigenvalue weighted by Crippen LogP contribution is -2.15. The van der Waals surface area contributed by atoms with Crippen molar-refractivity contribution in [3.8, 4) is 0 Å². The molecule has 2 aromatic heterocycles. The predicted octanol–water partition coefficient (Wildman–Crippen LogP) is 3.15. The maximum Gasteiger partial charge on any atom is 0.433 e. The number of imidazole rings is 1. The van der Waals surface area contributed by atoms with Gasteiger partial charge in [0.05, 0.1) is 6.54 Å². The molecule has 0 aliphatic rings. The van der Waals surface area contributed by atoms with Gasteiger partial charge < -0.3 is 9.30 Å². The number of ether oxygens (including phenoxy) is 1. The lowest BCUT2D eigenvalue weighted by atomic mass is 10.2. The number of halogens is 4. The Kier molecular flexibility index (Phi) is 4.29. The summed E-state index contributed by atoms with van der Waals surface area (Å²) in [6.07, 6.45) is -1.46. The van der Waals surface area contributed by atoms with E-state index in [1.54, 1.807) is 10.8 Å². The maximum absolute atomic E-state index is 12.9. The Morgan fingerprint density at radius 1 is 1.35 bits per heavy atom. The van der Waals surface area contributed by atoms with Crippen LogP contribution >= 0.6 is 11.6 Å². The van der Waals surface area contributed by atoms with Crippen molar-refractivity contribution in [2.45, 2.75) is 19.3 Å². The monoisotopic (exact) mass is 305 g/mol. The van der Waals surface area contributed by atoms with E-state index < -0.39 is 11.9 Å². The molecule has 0 aromatic carbocycles. The van der Waals surface area contributed by atoms with E-state index in [0.29, 0.717) is 5.82 Å². The van der Waals surface area contributed by atoms with Crippen molar-refractivity contribution < 1.29 is 17.9 Å². The average molecular weight is 306 g/mol. The highest BCUT2D eigenvalue weighted by atomic mass is 35.5. The lowest BCUT2D eigenvalue weighted by Gasteiger charge is -2.13. The largest absolute Gasteiger partial charge is 0.433 e. The lowest BCUT2D eigenvalue weighted by molar-refractivity contribution is -0.141. The molecular weight excluding hydrogens is 295 g/mol. The SMILES string of the molecule is COCc1nccn1Cc1ccc(Cl)nc1C(F)(F)F. The van der Waals surface area contributed by atoms with Crippen molar-refractivity contribution in [1.82, 2.24) is 14.5 Å². The van der Waals surface area contributed by atoms with Gasteiger partial charge in [0, 0.05) is 25.1 Å². The Bertz CT molecular complexity index is 598. The Hall–Kier alpha value is -1.60. The maximum atomic E-state index is 12.9. The van der Waals surface area contributed by atoms with Crippen LogP contribution in [0.15, 0.2) is 24.5 Å². The molecule has 0 aliphatic heterocycles. The number of rotatable bonds is 4. The Balaban J connectivity index is 2.36. The molecule has 0 unspecified atom stereocenters. The molecule has 0 saturated carbocycles. The highest BCUT2D eigenvalue weighted by Crippen LogP contribution is 2.31. The predicted molar refractivity (Wildman–Crippen MR) is 66.3 cm³/mol. The van der Waals surface area contributed by atoms with Gasteiger partial charge in [-0.3, -0.25) is 0 Å². The fraction of sp³-hybridized carbons (Fsp3) is 0.333. The standard InChI is InChI=1S/C12H11ClF3N3O/c1-20-7-10-17-4-5-19(10)6-8-2-3-9(13)18-11(8)12(14,15)16/h2-5H,6-7H2,1H3. The first-order valence-electron chi connectivity index (χ1n) is 5.63. The quantitative estimate of drug-likeness (QED) is 0.815. The molecule has 0 radical (unpaired) electrons. The van der Waals surface area contributed by atoms with Crippen LogP contribution in [0.1, 0.15) is 17.1 Å². The summed E-state index contributed by atoms with van der Waals surface area (Å²) in [5, 5.41) is -0.191. The van der Waals surface area contributed by atoms with E-state index in [9.17, 15) is 13.2 Å². The van der Waals surface area contributed by atoms with Gasteiger partial charge in [0.1, 0.15) is 17.6 Å². The molecule has 0 amide bonds. The summed E-state index contributed by atoms with van der Waals surface area (Å²) < 4.78 is 45.3. The van der Waals surface area contributed by atoms with Crippen molar-refractivity contribution in [3.63, 3.8) is 0 Å². The number of methoxy groups -OCH3 is 1. The van der Waals surface area contributed by atoms with E-state index in [-0.39, 0.29) is 23.9 Å². The molecule has 2 aromatic rings. The van der Waals surface area contributed by atoms with Gasteiger partial charge >= 0.3 is 6.18 Å². The Morgan fingerprint density at radius 2 is 2.10 bits per heavy atom. The molecule has 0 aliphatic carbocycles. The highest BCUT2D eigenvalue weighted by Gasteiger charge is 2.35. The minimum absolute atomic E-state index is 0.00228.